The summed E-state index contributed by atoms with van der Waals surface area (Å²) in [7, 11) is 0. The predicted octanol–water partition coefficient (Wildman–Crippen LogP) is 2.05. The molecule has 2 aromatic rings. The molecule has 0 atom stereocenters. The minimum atomic E-state index is -0.958. The van der Waals surface area contributed by atoms with Crippen LogP contribution in [0.1, 0.15) is 25.0 Å². The molecule has 1 aliphatic heterocycles. The Morgan fingerprint density at radius 3 is 2.75 bits per heavy atom. The van der Waals surface area contributed by atoms with Gasteiger partial charge in [-0.25, -0.2) is 4.99 Å². The Kier molecular flexibility index (Phi) is 3.41. The summed E-state index contributed by atoms with van der Waals surface area (Å²) in [5, 5.41) is 20.1. The van der Waals surface area contributed by atoms with Gasteiger partial charge in [-0.15, -0.1) is 0 Å². The molecule has 2 heterocycles. The number of benzene rings is 1. The molecule has 24 heavy (non-hydrogen) atoms. The van der Waals surface area contributed by atoms with Crippen LogP contribution >= 0.6 is 0 Å². The average molecular weight is 324 g/mol. The molecule has 0 spiro atoms. The molecular formula is C16H12N4O4. The first kappa shape index (κ1) is 15.4. The summed E-state index contributed by atoms with van der Waals surface area (Å²) in [6.45, 7) is 3.41. The van der Waals surface area contributed by atoms with Crippen LogP contribution in [-0.4, -0.2) is 21.1 Å². The highest BCUT2D eigenvalue weighted by molar-refractivity contribution is 6.04. The number of aliphatic imine (C=N–C) groups is 1. The fourth-order valence-electron chi connectivity index (χ4n) is 2.40. The van der Waals surface area contributed by atoms with E-state index in [0.717, 1.165) is 22.9 Å². The largest absolute Gasteiger partial charge is 0.466 e. The van der Waals surface area contributed by atoms with Gasteiger partial charge in [0.05, 0.1) is 28.3 Å². The lowest BCUT2D eigenvalue weighted by Crippen LogP contribution is -2.37. The summed E-state index contributed by atoms with van der Waals surface area (Å²) in [6, 6.07) is 9.00. The molecular weight excluding hydrogens is 312 g/mol. The normalized spacial score (nSPS) is 14.8. The number of aromatic nitrogens is 1. The maximum atomic E-state index is 12.2. The number of pyridine rings is 1. The van der Waals surface area contributed by atoms with Crippen LogP contribution in [0.15, 0.2) is 46.3 Å². The van der Waals surface area contributed by atoms with Crippen LogP contribution in [0.2, 0.25) is 0 Å². The van der Waals surface area contributed by atoms with Crippen molar-refractivity contribution in [2.45, 2.75) is 19.6 Å². The molecule has 0 saturated carbocycles. The van der Waals surface area contributed by atoms with Gasteiger partial charge in [0, 0.05) is 12.1 Å². The van der Waals surface area contributed by atoms with Crippen LogP contribution in [0.5, 0.6) is 5.75 Å². The second kappa shape index (κ2) is 5.31. The van der Waals surface area contributed by atoms with Gasteiger partial charge in [0.15, 0.2) is 5.72 Å². The summed E-state index contributed by atoms with van der Waals surface area (Å²) < 4.78 is 6.84. The average Bonchev–Trinajstić information content (AvgIpc) is 2.53. The van der Waals surface area contributed by atoms with Crippen molar-refractivity contribution in [3.8, 4) is 11.8 Å². The highest BCUT2D eigenvalue weighted by atomic mass is 16.6. The molecule has 1 aromatic heterocycles. The van der Waals surface area contributed by atoms with Crippen LogP contribution in [0, 0.1) is 21.4 Å². The van der Waals surface area contributed by atoms with Gasteiger partial charge in [-0.2, -0.15) is 5.26 Å². The summed E-state index contributed by atoms with van der Waals surface area (Å²) in [6.07, 6.45) is 1.12. The van der Waals surface area contributed by atoms with E-state index in [4.69, 9.17) is 10.00 Å². The second-order valence-corrected chi connectivity index (χ2v) is 5.66. The van der Waals surface area contributed by atoms with E-state index in [-0.39, 0.29) is 11.5 Å². The number of nitrogens with zero attached hydrogens (tertiary/aromatic N) is 4. The monoisotopic (exact) mass is 324 g/mol. The molecule has 0 bridgehead atoms. The second-order valence-electron chi connectivity index (χ2n) is 5.66. The van der Waals surface area contributed by atoms with Crippen LogP contribution < -0.4 is 10.3 Å². The first-order valence-electron chi connectivity index (χ1n) is 7.01. The molecule has 8 nitrogen and oxygen atoms in total. The zero-order chi connectivity index (χ0) is 17.5. The zero-order valence-electron chi connectivity index (χ0n) is 12.9. The maximum Gasteiger partial charge on any atom is 0.286 e. The van der Waals surface area contributed by atoms with Crippen molar-refractivity contribution >= 4 is 11.5 Å². The number of fused-ring (bicyclic) bond motifs is 1. The first-order valence-corrected chi connectivity index (χ1v) is 7.01. The lowest BCUT2D eigenvalue weighted by molar-refractivity contribution is -0.385. The van der Waals surface area contributed by atoms with Gasteiger partial charge in [-0.1, -0.05) is 0 Å². The van der Waals surface area contributed by atoms with Crippen molar-refractivity contribution in [1.82, 2.24) is 4.57 Å². The molecule has 3 rings (SSSR count). The lowest BCUT2D eigenvalue weighted by Gasteiger charge is -2.30. The van der Waals surface area contributed by atoms with E-state index in [1.165, 1.54) is 6.07 Å². The van der Waals surface area contributed by atoms with Gasteiger partial charge < -0.3 is 4.74 Å². The summed E-state index contributed by atoms with van der Waals surface area (Å²) in [5.74, 6) is 0.648. The minimum Gasteiger partial charge on any atom is -0.466 e. The van der Waals surface area contributed by atoms with Crippen molar-refractivity contribution in [3.05, 3.63) is 68.1 Å². The lowest BCUT2D eigenvalue weighted by atomic mass is 10.1. The van der Waals surface area contributed by atoms with Crippen LogP contribution in [0.3, 0.4) is 0 Å². The van der Waals surface area contributed by atoms with Crippen LogP contribution in [0.25, 0.3) is 0 Å². The Hall–Kier alpha value is -3.47. The Morgan fingerprint density at radius 2 is 2.08 bits per heavy atom. The fraction of sp³-hybridized carbons (Fsp3) is 0.188. The topological polar surface area (TPSA) is 111 Å². The standard InChI is InChI=1S/C16H12N4O4/c1-16(2)18-15(12-7-10(8-17)3-5-13(12)24-16)19-9-11(20(22)23)4-6-14(19)21/h3-7,9H,1-2H3. The molecule has 0 amide bonds. The molecule has 1 aliphatic rings. The third-order valence-corrected chi connectivity index (χ3v) is 3.42. The van der Waals surface area contributed by atoms with E-state index >= 15 is 0 Å². The highest BCUT2D eigenvalue weighted by Crippen LogP contribution is 2.31. The van der Waals surface area contributed by atoms with Gasteiger partial charge in [0.2, 0.25) is 0 Å². The summed E-state index contributed by atoms with van der Waals surface area (Å²) in [5.41, 5.74) is -0.871. The third-order valence-electron chi connectivity index (χ3n) is 3.42. The Labute approximate surface area is 136 Å². The smallest absolute Gasteiger partial charge is 0.286 e. The molecule has 8 heteroatoms. The van der Waals surface area contributed by atoms with Crippen molar-refractivity contribution < 1.29 is 9.66 Å². The zero-order valence-corrected chi connectivity index (χ0v) is 12.9. The van der Waals surface area contributed by atoms with Gasteiger partial charge in [-0.3, -0.25) is 19.5 Å². The molecule has 0 fully saturated rings. The Bertz CT molecular complexity index is 982. The van der Waals surface area contributed by atoms with Crippen molar-refractivity contribution in [1.29, 1.82) is 5.26 Å². The van der Waals surface area contributed by atoms with Gasteiger partial charge in [0.1, 0.15) is 11.6 Å². The van der Waals surface area contributed by atoms with Gasteiger partial charge in [-0.05, 0) is 32.0 Å². The molecule has 0 unspecified atom stereocenters. The molecule has 0 aliphatic carbocycles. The Morgan fingerprint density at radius 1 is 1.33 bits per heavy atom. The number of hydrogen-bond acceptors (Lipinski definition) is 6. The van der Waals surface area contributed by atoms with Crippen molar-refractivity contribution in [2.24, 2.45) is 4.99 Å². The number of nitro groups is 1. The molecule has 0 saturated heterocycles. The summed E-state index contributed by atoms with van der Waals surface area (Å²) >= 11 is 0. The highest BCUT2D eigenvalue weighted by Gasteiger charge is 2.30. The Balaban J connectivity index is 2.29. The first-order chi connectivity index (χ1) is 11.3. The van der Waals surface area contributed by atoms with E-state index in [0.29, 0.717) is 16.9 Å². The number of rotatable bonds is 1. The van der Waals surface area contributed by atoms with E-state index in [1.54, 1.807) is 26.0 Å². The molecule has 1 aromatic carbocycles. The molecule has 0 radical (unpaired) electrons. The number of nitriles is 1. The third kappa shape index (κ3) is 2.63. The molecule has 120 valence electrons. The van der Waals surface area contributed by atoms with Crippen molar-refractivity contribution in [3.63, 3.8) is 0 Å². The van der Waals surface area contributed by atoms with E-state index in [2.05, 4.69) is 4.99 Å². The quantitative estimate of drug-likeness (QED) is 0.589. The maximum absolute atomic E-state index is 12.2. The van der Waals surface area contributed by atoms with E-state index < -0.39 is 16.2 Å². The van der Waals surface area contributed by atoms with Crippen LogP contribution in [-0.2, 0) is 0 Å². The fourth-order valence-corrected chi connectivity index (χ4v) is 2.40. The van der Waals surface area contributed by atoms with Gasteiger partial charge in [0.25, 0.3) is 11.2 Å². The number of ether oxygens (including phenoxy) is 1. The predicted molar refractivity (Wildman–Crippen MR) is 85.2 cm³/mol. The van der Waals surface area contributed by atoms with Crippen molar-refractivity contribution in [2.75, 3.05) is 0 Å². The minimum absolute atomic E-state index is 0.201. The van der Waals surface area contributed by atoms with E-state index in [1.807, 2.05) is 6.07 Å². The van der Waals surface area contributed by atoms with Gasteiger partial charge >= 0.3 is 0 Å². The summed E-state index contributed by atoms with van der Waals surface area (Å²) in [4.78, 5) is 27.0. The van der Waals surface area contributed by atoms with Crippen LogP contribution in [0.4, 0.5) is 5.69 Å². The molecule has 0 N–H and O–H groups in total. The van der Waals surface area contributed by atoms with E-state index in [9.17, 15) is 14.9 Å². The number of hydrogen-bond donors (Lipinski definition) is 0. The SMILES string of the molecule is CC1(C)N=C(n2cc([N+](=O)[O-])ccc2=O)c2cc(C#N)ccc2O1.